The van der Waals surface area contributed by atoms with Gasteiger partial charge in [-0.05, 0) is 43.5 Å². The molecule has 1 rings (SSSR count). The predicted octanol–water partition coefficient (Wildman–Crippen LogP) is 0.811. The lowest BCUT2D eigenvalue weighted by Crippen LogP contribution is -2.20. The van der Waals surface area contributed by atoms with Gasteiger partial charge in [0, 0.05) is 13.2 Å². The smallest absolute Gasteiger partial charge is 0.255 e. The first-order chi connectivity index (χ1) is 10.2. The summed E-state index contributed by atoms with van der Waals surface area (Å²) in [6.07, 6.45) is 2.91. The van der Waals surface area contributed by atoms with E-state index in [1.165, 1.54) is 0 Å². The van der Waals surface area contributed by atoms with Crippen LogP contribution in [0.3, 0.4) is 0 Å². The molecule has 0 saturated carbocycles. The molecule has 6 heteroatoms. The normalized spacial score (nSPS) is 10.4. The maximum atomic E-state index is 10.7. The topological polar surface area (TPSA) is 93.8 Å². The van der Waals surface area contributed by atoms with Crippen molar-refractivity contribution in [2.75, 3.05) is 26.9 Å². The van der Waals surface area contributed by atoms with Gasteiger partial charge >= 0.3 is 0 Å². The van der Waals surface area contributed by atoms with E-state index in [4.69, 9.17) is 20.3 Å². The molecule has 0 aliphatic carbocycles. The van der Waals surface area contributed by atoms with E-state index < -0.39 is 5.91 Å². The highest BCUT2D eigenvalue weighted by molar-refractivity contribution is 5.75. The van der Waals surface area contributed by atoms with Gasteiger partial charge in [0.2, 0.25) is 0 Å². The van der Waals surface area contributed by atoms with Crippen LogP contribution in [0.4, 0.5) is 0 Å². The van der Waals surface area contributed by atoms with E-state index in [0.717, 1.165) is 37.9 Å². The number of primary amides is 1. The molecule has 1 amide bonds. The quantitative estimate of drug-likeness (QED) is 0.525. The van der Waals surface area contributed by atoms with Crippen molar-refractivity contribution in [1.29, 1.82) is 0 Å². The van der Waals surface area contributed by atoms with Crippen molar-refractivity contribution in [3.63, 3.8) is 0 Å². The third-order valence-electron chi connectivity index (χ3n) is 2.94. The number of rotatable bonds is 11. The molecule has 6 nitrogen and oxygen atoms in total. The van der Waals surface area contributed by atoms with E-state index in [-0.39, 0.29) is 13.2 Å². The molecule has 0 aliphatic rings. The summed E-state index contributed by atoms with van der Waals surface area (Å²) in [5.74, 6) is 0.560. The Hall–Kier alpha value is -1.79. The van der Waals surface area contributed by atoms with Gasteiger partial charge in [-0.15, -0.1) is 0 Å². The fourth-order valence-corrected chi connectivity index (χ4v) is 1.86. The highest BCUT2D eigenvalue weighted by atomic mass is 16.5. The average molecular weight is 296 g/mol. The number of nitrogens with one attached hydrogen (secondary N) is 1. The molecule has 1 aromatic rings. The molecule has 0 heterocycles. The Labute approximate surface area is 125 Å². The van der Waals surface area contributed by atoms with Crippen LogP contribution in [-0.2, 0) is 11.3 Å². The van der Waals surface area contributed by atoms with Gasteiger partial charge in [0.25, 0.3) is 5.91 Å². The number of hydrogen-bond donors (Lipinski definition) is 3. The summed E-state index contributed by atoms with van der Waals surface area (Å²) in [6.45, 7) is 1.72. The van der Waals surface area contributed by atoms with Crippen LogP contribution in [0.2, 0.25) is 0 Å². The lowest BCUT2D eigenvalue weighted by molar-refractivity contribution is -0.119. The molecule has 118 valence electrons. The SMILES string of the molecule is COc1cc(CNCCCCCO)ccc1OCC(N)=O. The minimum atomic E-state index is -0.523. The number of unbranched alkanes of at least 4 members (excludes halogenated alkanes) is 2. The summed E-state index contributed by atoms with van der Waals surface area (Å²) in [6, 6.07) is 5.56. The van der Waals surface area contributed by atoms with Crippen molar-refractivity contribution in [2.45, 2.75) is 25.8 Å². The zero-order valence-corrected chi connectivity index (χ0v) is 12.4. The minimum Gasteiger partial charge on any atom is -0.493 e. The fourth-order valence-electron chi connectivity index (χ4n) is 1.86. The molecule has 0 radical (unpaired) electrons. The summed E-state index contributed by atoms with van der Waals surface area (Å²) < 4.78 is 10.5. The minimum absolute atomic E-state index is 0.168. The molecule has 1 aromatic carbocycles. The first kappa shape index (κ1) is 17.3. The highest BCUT2D eigenvalue weighted by Crippen LogP contribution is 2.27. The van der Waals surface area contributed by atoms with Gasteiger partial charge < -0.3 is 25.6 Å². The van der Waals surface area contributed by atoms with Crippen molar-refractivity contribution < 1.29 is 19.4 Å². The number of nitrogens with two attached hydrogens (primary N) is 1. The molecular weight excluding hydrogens is 272 g/mol. The molecule has 0 aromatic heterocycles. The number of benzene rings is 1. The Balaban J connectivity index is 2.43. The van der Waals surface area contributed by atoms with Crippen LogP contribution in [0.1, 0.15) is 24.8 Å². The zero-order chi connectivity index (χ0) is 15.5. The Morgan fingerprint density at radius 1 is 1.29 bits per heavy atom. The Morgan fingerprint density at radius 3 is 2.76 bits per heavy atom. The molecule has 0 fully saturated rings. The summed E-state index contributed by atoms with van der Waals surface area (Å²) in [7, 11) is 1.55. The van der Waals surface area contributed by atoms with Crippen LogP contribution in [0.25, 0.3) is 0 Å². The summed E-state index contributed by atoms with van der Waals surface area (Å²) in [5.41, 5.74) is 6.12. The number of carbonyl (C=O) groups is 1. The van der Waals surface area contributed by atoms with E-state index in [2.05, 4.69) is 5.32 Å². The summed E-state index contributed by atoms with van der Waals surface area (Å²) >= 11 is 0. The van der Waals surface area contributed by atoms with Gasteiger partial charge in [-0.3, -0.25) is 4.79 Å². The number of carbonyl (C=O) groups excluding carboxylic acids is 1. The molecule has 0 atom stereocenters. The lowest BCUT2D eigenvalue weighted by Gasteiger charge is -2.11. The molecule has 0 spiro atoms. The highest BCUT2D eigenvalue weighted by Gasteiger charge is 2.07. The zero-order valence-electron chi connectivity index (χ0n) is 12.4. The van der Waals surface area contributed by atoms with Gasteiger partial charge in [0.1, 0.15) is 0 Å². The van der Waals surface area contributed by atoms with E-state index in [1.54, 1.807) is 13.2 Å². The van der Waals surface area contributed by atoms with Crippen molar-refractivity contribution >= 4 is 5.91 Å². The molecular formula is C15H24N2O4. The Morgan fingerprint density at radius 2 is 2.10 bits per heavy atom. The second-order valence-electron chi connectivity index (χ2n) is 4.70. The van der Waals surface area contributed by atoms with E-state index in [1.807, 2.05) is 12.1 Å². The van der Waals surface area contributed by atoms with Crippen molar-refractivity contribution in [1.82, 2.24) is 5.32 Å². The molecule has 4 N–H and O–H groups in total. The maximum absolute atomic E-state index is 10.7. The van der Waals surface area contributed by atoms with E-state index >= 15 is 0 Å². The number of ether oxygens (including phenoxy) is 2. The second kappa shape index (κ2) is 10.0. The molecule has 21 heavy (non-hydrogen) atoms. The lowest BCUT2D eigenvalue weighted by atomic mass is 10.2. The maximum Gasteiger partial charge on any atom is 0.255 e. The first-order valence-electron chi connectivity index (χ1n) is 7.07. The monoisotopic (exact) mass is 296 g/mol. The van der Waals surface area contributed by atoms with E-state index in [0.29, 0.717) is 11.5 Å². The van der Waals surface area contributed by atoms with Gasteiger partial charge in [-0.1, -0.05) is 6.07 Å². The average Bonchev–Trinajstić information content (AvgIpc) is 2.49. The van der Waals surface area contributed by atoms with Gasteiger partial charge in [0.15, 0.2) is 18.1 Å². The van der Waals surface area contributed by atoms with Crippen LogP contribution in [-0.4, -0.2) is 37.9 Å². The number of aliphatic hydroxyl groups excluding tert-OH is 1. The van der Waals surface area contributed by atoms with Crippen molar-refractivity contribution in [3.8, 4) is 11.5 Å². The standard InChI is InChI=1S/C15H24N2O4/c1-20-14-9-12(10-17-7-3-2-4-8-18)5-6-13(14)21-11-15(16)19/h5-6,9,17-18H,2-4,7-8,10-11H2,1H3,(H2,16,19). The van der Waals surface area contributed by atoms with Crippen molar-refractivity contribution in [3.05, 3.63) is 23.8 Å². The van der Waals surface area contributed by atoms with Gasteiger partial charge in [-0.2, -0.15) is 0 Å². The Kier molecular flexibility index (Phi) is 8.23. The first-order valence-corrected chi connectivity index (χ1v) is 7.07. The Bertz CT molecular complexity index is 438. The molecule has 0 unspecified atom stereocenters. The van der Waals surface area contributed by atoms with Gasteiger partial charge in [-0.25, -0.2) is 0 Å². The second-order valence-corrected chi connectivity index (χ2v) is 4.70. The number of amides is 1. The number of hydrogen-bond acceptors (Lipinski definition) is 5. The third-order valence-corrected chi connectivity index (χ3v) is 2.94. The van der Waals surface area contributed by atoms with Crippen molar-refractivity contribution in [2.24, 2.45) is 5.73 Å². The number of methoxy groups -OCH3 is 1. The van der Waals surface area contributed by atoms with Crippen LogP contribution in [0, 0.1) is 0 Å². The summed E-state index contributed by atoms with van der Waals surface area (Å²) in [5, 5.41) is 12.0. The fraction of sp³-hybridized carbons (Fsp3) is 0.533. The molecule has 0 saturated heterocycles. The van der Waals surface area contributed by atoms with E-state index in [9.17, 15) is 4.79 Å². The van der Waals surface area contributed by atoms with Crippen LogP contribution in [0.15, 0.2) is 18.2 Å². The summed E-state index contributed by atoms with van der Waals surface area (Å²) in [4.78, 5) is 10.7. The number of aliphatic hydroxyl groups is 1. The predicted molar refractivity (Wildman–Crippen MR) is 80.3 cm³/mol. The van der Waals surface area contributed by atoms with Crippen LogP contribution in [0.5, 0.6) is 11.5 Å². The largest absolute Gasteiger partial charge is 0.493 e. The van der Waals surface area contributed by atoms with Gasteiger partial charge in [0.05, 0.1) is 7.11 Å². The third kappa shape index (κ3) is 6.97. The molecule has 0 bridgehead atoms. The molecule has 0 aliphatic heterocycles. The van der Waals surface area contributed by atoms with Crippen LogP contribution < -0.4 is 20.5 Å². The van der Waals surface area contributed by atoms with Crippen LogP contribution >= 0.6 is 0 Å².